The average molecular weight is 949 g/mol. The highest BCUT2D eigenvalue weighted by Gasteiger charge is 2.38. The zero-order chi connectivity index (χ0) is 49.2. The molecule has 0 radical (unpaired) electrons. The van der Waals surface area contributed by atoms with Gasteiger partial charge in [-0.3, -0.25) is 14.8 Å². The van der Waals surface area contributed by atoms with Gasteiger partial charge in [-0.25, -0.2) is 35.9 Å². The van der Waals surface area contributed by atoms with Gasteiger partial charge in [0.15, 0.2) is 0 Å². The van der Waals surface area contributed by atoms with Crippen molar-refractivity contribution in [2.75, 3.05) is 20.2 Å². The molecule has 2 aliphatic rings. The van der Waals surface area contributed by atoms with Crippen molar-refractivity contribution in [3.05, 3.63) is 44.5 Å². The third-order valence-electron chi connectivity index (χ3n) is 11.3. The highest BCUT2D eigenvalue weighted by molar-refractivity contribution is 7.90. The van der Waals surface area contributed by atoms with Crippen LogP contribution < -0.4 is 41.0 Å². The van der Waals surface area contributed by atoms with E-state index in [1.807, 2.05) is 41.5 Å². The molecule has 0 spiro atoms. The lowest BCUT2D eigenvalue weighted by atomic mass is 9.94. The molecule has 2 aromatic carbocycles. The number of carbonyl (C=O) groups excluding carboxylic acids is 3. The lowest BCUT2D eigenvalue weighted by Crippen LogP contribution is -2.52. The van der Waals surface area contributed by atoms with E-state index in [2.05, 4.69) is 30.1 Å². The zero-order valence-electron chi connectivity index (χ0n) is 40.2. The van der Waals surface area contributed by atoms with Crippen LogP contribution in [0.2, 0.25) is 0 Å². The van der Waals surface area contributed by atoms with Crippen molar-refractivity contribution in [1.82, 2.24) is 20.1 Å². The monoisotopic (exact) mass is 948 g/mol. The Bertz CT molecular complexity index is 2490. The molecule has 362 valence electrons. The number of ether oxygens (including phenoxy) is 4. The van der Waals surface area contributed by atoms with Crippen LogP contribution in [0.5, 0.6) is 11.5 Å². The number of amides is 2. The summed E-state index contributed by atoms with van der Waals surface area (Å²) in [6.45, 7) is 23.2. The Kier molecular flexibility index (Phi) is 15.8. The second kappa shape index (κ2) is 19.7. The number of nitrogens with one attached hydrogen (secondary N) is 4. The predicted molar refractivity (Wildman–Crippen MR) is 247 cm³/mol. The van der Waals surface area contributed by atoms with Gasteiger partial charge in [0.2, 0.25) is 17.8 Å². The summed E-state index contributed by atoms with van der Waals surface area (Å²) in [6, 6.07) is -2.42. The van der Waals surface area contributed by atoms with Crippen molar-refractivity contribution < 1.29 is 50.2 Å². The molecule has 0 aliphatic carbocycles. The molecule has 2 heterocycles. The fraction of sp³-hybridized carbons (Fsp3) is 0.614. The number of nitrogens with two attached hydrogens (primary N) is 2. The number of sulfonamides is 2. The number of hydrogen-bond donors (Lipinski definition) is 6. The number of aliphatic imine (C=N–C) groups is 2. The molecule has 65 heavy (non-hydrogen) atoms. The Balaban J connectivity index is 1.41. The van der Waals surface area contributed by atoms with Gasteiger partial charge < -0.3 is 41.0 Å². The molecule has 0 unspecified atom stereocenters. The molecular weight excluding hydrogens is 881 g/mol. The largest absolute Gasteiger partial charge is 0.487 e. The van der Waals surface area contributed by atoms with Crippen molar-refractivity contribution in [3.8, 4) is 11.5 Å². The summed E-state index contributed by atoms with van der Waals surface area (Å²) in [6.07, 6.45) is 0.477. The quantitative estimate of drug-likeness (QED) is 0.0603. The number of guanidine groups is 2. The molecule has 4 rings (SSSR count). The van der Waals surface area contributed by atoms with Crippen LogP contribution >= 0.6 is 0 Å². The molecular formula is C44H68N8O11S2. The SMILES string of the molecule is COC(=O)[C@H](CCCN=C(N)NS(=O)(=O)c1c(C)c(C)c2c(c1C)CC(C)(C)O2)NC(=O)[C@H](CCCN=C(N)NS(=O)(=O)c1c(C)c(C)c2c(c1C)CC(C)(C)O2)NC(=O)OC(C)(C)C. The van der Waals surface area contributed by atoms with E-state index in [4.69, 9.17) is 30.4 Å². The lowest BCUT2D eigenvalue weighted by Gasteiger charge is -2.24. The maximum atomic E-state index is 13.7. The molecule has 2 aliphatic heterocycles. The van der Waals surface area contributed by atoms with Gasteiger partial charge in [-0.2, -0.15) is 0 Å². The van der Waals surface area contributed by atoms with Gasteiger partial charge in [0.05, 0.1) is 16.9 Å². The zero-order valence-corrected chi connectivity index (χ0v) is 41.8. The van der Waals surface area contributed by atoms with E-state index in [1.165, 1.54) is 0 Å². The Morgan fingerprint density at radius 3 is 1.46 bits per heavy atom. The van der Waals surface area contributed by atoms with Crippen molar-refractivity contribution in [1.29, 1.82) is 0 Å². The van der Waals surface area contributed by atoms with Crippen LogP contribution in [0.25, 0.3) is 0 Å². The standard InChI is InChI=1S/C44H68N8O11S2/c1-23-25(3)35(27(5)29-21-43(10,11)61-33(23)29)64(56,57)51-39(45)47-19-15-17-31(50-41(55)63-42(7,8)9)37(53)49-32(38(54)60-14)18-16-20-48-40(46)52-65(58,59)36-26(4)24(2)34-30(28(36)6)22-44(12,13)62-34/h31-32H,15-22H2,1-14H3,(H,49,53)(H,50,55)(H3,45,47,51)(H3,46,48,52)/t31-,32-/m0/s1. The molecule has 0 fully saturated rings. The number of methoxy groups -OCH3 is 1. The number of benzene rings is 2. The van der Waals surface area contributed by atoms with Crippen molar-refractivity contribution in [3.63, 3.8) is 0 Å². The normalized spacial score (nSPS) is 16.6. The number of fused-ring (bicyclic) bond motifs is 2. The highest BCUT2D eigenvalue weighted by Crippen LogP contribution is 2.45. The number of nitrogens with zero attached hydrogens (tertiary/aromatic N) is 2. The maximum Gasteiger partial charge on any atom is 0.408 e. The van der Waals surface area contributed by atoms with Crippen LogP contribution in [-0.2, 0) is 52.0 Å². The number of carbonyl (C=O) groups is 3. The van der Waals surface area contributed by atoms with E-state index in [0.29, 0.717) is 46.6 Å². The van der Waals surface area contributed by atoms with Crippen LogP contribution in [0.1, 0.15) is 119 Å². The van der Waals surface area contributed by atoms with Gasteiger partial charge in [0.1, 0.15) is 40.4 Å². The summed E-state index contributed by atoms with van der Waals surface area (Å²) >= 11 is 0. The first-order valence-corrected chi connectivity index (χ1v) is 24.4. The number of rotatable bonds is 16. The third-order valence-corrected chi connectivity index (χ3v) is 14.5. The number of hydrogen-bond acceptors (Lipinski definition) is 13. The topological polar surface area (TPSA) is 281 Å². The van der Waals surface area contributed by atoms with Gasteiger partial charge in [-0.1, -0.05) is 0 Å². The first-order valence-electron chi connectivity index (χ1n) is 21.5. The van der Waals surface area contributed by atoms with Crippen molar-refractivity contribution in [2.24, 2.45) is 21.5 Å². The Morgan fingerprint density at radius 2 is 1.08 bits per heavy atom. The smallest absolute Gasteiger partial charge is 0.408 e. The summed E-state index contributed by atoms with van der Waals surface area (Å²) in [5.41, 5.74) is 15.5. The first kappa shape index (κ1) is 52.3. The van der Waals surface area contributed by atoms with Gasteiger partial charge in [0.25, 0.3) is 20.0 Å². The summed E-state index contributed by atoms with van der Waals surface area (Å²) in [7, 11) is -7.16. The fourth-order valence-corrected chi connectivity index (χ4v) is 11.2. The van der Waals surface area contributed by atoms with E-state index >= 15 is 0 Å². The molecule has 0 saturated heterocycles. The van der Waals surface area contributed by atoms with Crippen molar-refractivity contribution in [2.45, 2.75) is 167 Å². The molecule has 2 aromatic rings. The van der Waals surface area contributed by atoms with E-state index in [-0.39, 0.29) is 60.5 Å². The second-order valence-electron chi connectivity index (χ2n) is 18.9. The predicted octanol–water partition coefficient (Wildman–Crippen LogP) is 3.96. The van der Waals surface area contributed by atoms with E-state index in [0.717, 1.165) is 29.4 Å². The van der Waals surface area contributed by atoms with Crippen LogP contribution in [0, 0.1) is 41.5 Å². The second-order valence-corrected chi connectivity index (χ2v) is 22.2. The summed E-state index contributed by atoms with van der Waals surface area (Å²) in [5, 5.41) is 5.15. The first-order chi connectivity index (χ1) is 29.8. The van der Waals surface area contributed by atoms with Gasteiger partial charge in [-0.05, 0) is 149 Å². The molecule has 0 bridgehead atoms. The minimum atomic E-state index is -4.16. The highest BCUT2D eigenvalue weighted by atomic mass is 32.2. The molecule has 0 saturated carbocycles. The minimum absolute atomic E-state index is 0.00751. The Morgan fingerprint density at radius 1 is 0.677 bits per heavy atom. The van der Waals surface area contributed by atoms with Crippen LogP contribution in [0.15, 0.2) is 19.8 Å². The molecule has 8 N–H and O–H groups in total. The van der Waals surface area contributed by atoms with E-state index in [1.54, 1.807) is 48.5 Å². The van der Waals surface area contributed by atoms with Crippen LogP contribution in [0.3, 0.4) is 0 Å². The molecule has 2 atom stereocenters. The summed E-state index contributed by atoms with van der Waals surface area (Å²) in [5.74, 6) is -0.875. The molecule has 0 aromatic heterocycles. The average Bonchev–Trinajstić information content (AvgIpc) is 3.68. The van der Waals surface area contributed by atoms with E-state index < -0.39 is 66.9 Å². The number of alkyl carbamates (subject to hydrolysis) is 1. The Hall–Kier alpha value is -5.31. The van der Waals surface area contributed by atoms with Crippen LogP contribution in [0.4, 0.5) is 4.79 Å². The summed E-state index contributed by atoms with van der Waals surface area (Å²) < 4.78 is 81.8. The molecule has 19 nitrogen and oxygen atoms in total. The van der Waals surface area contributed by atoms with Gasteiger partial charge >= 0.3 is 12.1 Å². The Labute approximate surface area is 383 Å². The van der Waals surface area contributed by atoms with Crippen molar-refractivity contribution >= 4 is 49.9 Å². The molecule has 2 amide bonds. The minimum Gasteiger partial charge on any atom is -0.487 e. The maximum absolute atomic E-state index is 13.7. The summed E-state index contributed by atoms with van der Waals surface area (Å²) in [4.78, 5) is 47.9. The number of esters is 1. The van der Waals surface area contributed by atoms with Gasteiger partial charge in [0, 0.05) is 37.1 Å². The fourth-order valence-electron chi connectivity index (χ4n) is 8.11. The molecule has 21 heteroatoms. The lowest BCUT2D eigenvalue weighted by molar-refractivity contribution is -0.145. The third kappa shape index (κ3) is 12.7. The van der Waals surface area contributed by atoms with Gasteiger partial charge in [-0.15, -0.1) is 0 Å². The van der Waals surface area contributed by atoms with E-state index in [9.17, 15) is 31.2 Å². The van der Waals surface area contributed by atoms with Crippen LogP contribution in [-0.4, -0.2) is 95.8 Å².